The van der Waals surface area contributed by atoms with Gasteiger partial charge in [0.15, 0.2) is 0 Å². The zero-order valence-electron chi connectivity index (χ0n) is 12.3. The molecule has 0 radical (unpaired) electrons. The van der Waals surface area contributed by atoms with Crippen molar-refractivity contribution in [1.82, 2.24) is 10.7 Å². The Labute approximate surface area is 129 Å². The maximum Gasteiger partial charge on any atom is 0.250 e. The van der Waals surface area contributed by atoms with Crippen LogP contribution in [0.15, 0.2) is 60.3 Å². The third kappa shape index (κ3) is 2.42. The van der Waals surface area contributed by atoms with Crippen LogP contribution in [0.5, 0.6) is 0 Å². The second-order valence-corrected chi connectivity index (χ2v) is 5.08. The van der Waals surface area contributed by atoms with Gasteiger partial charge < -0.3 is 10.7 Å². The van der Waals surface area contributed by atoms with Gasteiger partial charge in [-0.25, -0.2) is 0 Å². The molecule has 4 N–H and O–H groups in total. The first kappa shape index (κ1) is 14.2. The monoisotopic (exact) mass is 294 g/mol. The number of hydrogen-bond acceptors (Lipinski definition) is 4. The van der Waals surface area contributed by atoms with Gasteiger partial charge in [-0.2, -0.15) is 0 Å². The Hall–Kier alpha value is -2.79. The van der Waals surface area contributed by atoms with Gasteiger partial charge in [0.2, 0.25) is 0 Å². The summed E-state index contributed by atoms with van der Waals surface area (Å²) in [5.41, 5.74) is 6.91. The Kier molecular flexibility index (Phi) is 3.80. The number of amides is 1. The molecule has 1 amide bonds. The number of hydrazine groups is 1. The summed E-state index contributed by atoms with van der Waals surface area (Å²) in [6.45, 7) is 2.08. The Balaban J connectivity index is 2.21. The summed E-state index contributed by atoms with van der Waals surface area (Å²) in [6, 6.07) is 17.4. The average Bonchev–Trinajstić information content (AvgIpc) is 2.71. The van der Waals surface area contributed by atoms with Crippen molar-refractivity contribution in [2.24, 2.45) is 5.84 Å². The Bertz CT molecular complexity index is 724. The van der Waals surface area contributed by atoms with Crippen LogP contribution < -0.4 is 21.5 Å². The second kappa shape index (κ2) is 5.91. The summed E-state index contributed by atoms with van der Waals surface area (Å²) in [4.78, 5) is 14.4. The molecule has 0 unspecified atom stereocenters. The summed E-state index contributed by atoms with van der Waals surface area (Å²) >= 11 is 0. The standard InChI is InChI=1S/C17H18N4O/c1-12(20-18)17-14-9-5-6-10-15(14)21(16(22)11-19-17)13-7-3-2-4-8-13/h2-10,19-20H,11,18H2,1H3/b17-12-. The third-order valence-electron chi connectivity index (χ3n) is 3.69. The SMILES string of the molecule is C/C(NN)=C1/NCC(=O)N(c2ccccc2)c2ccccc21. The van der Waals surface area contributed by atoms with Gasteiger partial charge in [0, 0.05) is 16.9 Å². The van der Waals surface area contributed by atoms with Crippen LogP contribution in [0.4, 0.5) is 11.4 Å². The molecule has 112 valence electrons. The van der Waals surface area contributed by atoms with Crippen molar-refractivity contribution in [1.29, 1.82) is 0 Å². The highest BCUT2D eigenvalue weighted by atomic mass is 16.2. The van der Waals surface area contributed by atoms with Crippen molar-refractivity contribution in [3.05, 3.63) is 65.9 Å². The molecule has 5 nitrogen and oxygen atoms in total. The number of nitrogens with one attached hydrogen (secondary N) is 2. The van der Waals surface area contributed by atoms with Crippen molar-refractivity contribution < 1.29 is 4.79 Å². The van der Waals surface area contributed by atoms with Gasteiger partial charge in [-0.3, -0.25) is 15.5 Å². The molecule has 2 aromatic carbocycles. The number of rotatable bonds is 2. The predicted molar refractivity (Wildman–Crippen MR) is 87.9 cm³/mol. The quantitative estimate of drug-likeness (QED) is 0.586. The summed E-state index contributed by atoms with van der Waals surface area (Å²) in [7, 11) is 0. The number of para-hydroxylation sites is 2. The zero-order valence-corrected chi connectivity index (χ0v) is 12.3. The van der Waals surface area contributed by atoms with Gasteiger partial charge in [0.1, 0.15) is 0 Å². The van der Waals surface area contributed by atoms with E-state index in [2.05, 4.69) is 10.7 Å². The first-order valence-electron chi connectivity index (χ1n) is 7.11. The minimum absolute atomic E-state index is 0.0153. The molecule has 1 aliphatic rings. The second-order valence-electron chi connectivity index (χ2n) is 5.08. The highest BCUT2D eigenvalue weighted by molar-refractivity contribution is 6.06. The lowest BCUT2D eigenvalue weighted by atomic mass is 10.1. The Morgan fingerprint density at radius 1 is 1.14 bits per heavy atom. The van der Waals surface area contributed by atoms with E-state index < -0.39 is 0 Å². The number of benzene rings is 2. The molecule has 2 aromatic rings. The Morgan fingerprint density at radius 2 is 1.82 bits per heavy atom. The number of allylic oxidation sites excluding steroid dienone is 1. The first-order chi connectivity index (χ1) is 10.7. The van der Waals surface area contributed by atoms with Crippen LogP contribution in [0.25, 0.3) is 5.70 Å². The van der Waals surface area contributed by atoms with E-state index in [-0.39, 0.29) is 12.5 Å². The molecule has 0 spiro atoms. The number of carbonyl (C=O) groups is 1. The molecule has 1 aliphatic heterocycles. The van der Waals surface area contributed by atoms with E-state index in [0.717, 1.165) is 28.3 Å². The van der Waals surface area contributed by atoms with Crippen LogP contribution in [0.2, 0.25) is 0 Å². The number of nitrogens with two attached hydrogens (primary N) is 1. The highest BCUT2D eigenvalue weighted by Crippen LogP contribution is 2.34. The van der Waals surface area contributed by atoms with E-state index in [0.29, 0.717) is 0 Å². The molecule has 0 bridgehead atoms. The number of anilines is 2. The fourth-order valence-corrected chi connectivity index (χ4v) is 2.62. The summed E-state index contributed by atoms with van der Waals surface area (Å²) in [5, 5.41) is 3.18. The van der Waals surface area contributed by atoms with Gasteiger partial charge in [0.25, 0.3) is 5.91 Å². The lowest BCUT2D eigenvalue weighted by molar-refractivity contribution is -0.116. The minimum atomic E-state index is -0.0153. The van der Waals surface area contributed by atoms with Gasteiger partial charge >= 0.3 is 0 Å². The molecule has 0 aliphatic carbocycles. The maximum absolute atomic E-state index is 12.6. The average molecular weight is 294 g/mol. The van der Waals surface area contributed by atoms with Crippen LogP contribution in [-0.2, 0) is 4.79 Å². The number of carbonyl (C=O) groups excluding carboxylic acids is 1. The van der Waals surface area contributed by atoms with Crippen molar-refractivity contribution in [2.75, 3.05) is 11.4 Å². The van der Waals surface area contributed by atoms with E-state index in [1.165, 1.54) is 0 Å². The van der Waals surface area contributed by atoms with E-state index in [4.69, 9.17) is 5.84 Å². The number of fused-ring (bicyclic) bond motifs is 1. The molecule has 1 heterocycles. The summed E-state index contributed by atoms with van der Waals surface area (Å²) < 4.78 is 0. The van der Waals surface area contributed by atoms with E-state index in [9.17, 15) is 4.79 Å². The first-order valence-corrected chi connectivity index (χ1v) is 7.11. The molecule has 22 heavy (non-hydrogen) atoms. The molecule has 0 saturated carbocycles. The van der Waals surface area contributed by atoms with Crippen LogP contribution in [0.1, 0.15) is 12.5 Å². The molecular formula is C17H18N4O. The molecule has 0 saturated heterocycles. The number of hydrogen-bond donors (Lipinski definition) is 3. The predicted octanol–water partition coefficient (Wildman–Crippen LogP) is 2.11. The molecule has 5 heteroatoms. The fourth-order valence-electron chi connectivity index (χ4n) is 2.62. The van der Waals surface area contributed by atoms with Crippen LogP contribution >= 0.6 is 0 Å². The highest BCUT2D eigenvalue weighted by Gasteiger charge is 2.26. The van der Waals surface area contributed by atoms with Crippen molar-refractivity contribution in [2.45, 2.75) is 6.92 Å². The molecule has 0 fully saturated rings. The third-order valence-corrected chi connectivity index (χ3v) is 3.69. The molecule has 3 rings (SSSR count). The zero-order chi connectivity index (χ0) is 15.5. The van der Waals surface area contributed by atoms with Crippen molar-refractivity contribution >= 4 is 23.0 Å². The van der Waals surface area contributed by atoms with Crippen LogP contribution in [0, 0.1) is 0 Å². The van der Waals surface area contributed by atoms with E-state index in [1.807, 2.05) is 61.5 Å². The van der Waals surface area contributed by atoms with Crippen molar-refractivity contribution in [3.8, 4) is 0 Å². The van der Waals surface area contributed by atoms with E-state index in [1.54, 1.807) is 4.90 Å². The lowest BCUT2D eigenvalue weighted by Crippen LogP contribution is -2.32. The normalized spacial score (nSPS) is 16.5. The van der Waals surface area contributed by atoms with Gasteiger partial charge in [-0.1, -0.05) is 36.4 Å². The maximum atomic E-state index is 12.6. The Morgan fingerprint density at radius 3 is 2.55 bits per heavy atom. The van der Waals surface area contributed by atoms with E-state index >= 15 is 0 Å². The smallest absolute Gasteiger partial charge is 0.250 e. The van der Waals surface area contributed by atoms with Gasteiger partial charge in [0.05, 0.1) is 17.9 Å². The topological polar surface area (TPSA) is 70.4 Å². The molecule has 0 aromatic heterocycles. The minimum Gasteiger partial charge on any atom is -0.374 e. The number of nitrogens with zero attached hydrogens (tertiary/aromatic N) is 1. The fraction of sp³-hybridized carbons (Fsp3) is 0.118. The summed E-state index contributed by atoms with van der Waals surface area (Å²) in [6.07, 6.45) is 0. The van der Waals surface area contributed by atoms with Gasteiger partial charge in [-0.05, 0) is 25.1 Å². The molecular weight excluding hydrogens is 276 g/mol. The van der Waals surface area contributed by atoms with Crippen LogP contribution in [-0.4, -0.2) is 12.5 Å². The summed E-state index contributed by atoms with van der Waals surface area (Å²) in [5.74, 6) is 5.53. The molecule has 0 atom stereocenters. The lowest BCUT2D eigenvalue weighted by Gasteiger charge is -2.22. The van der Waals surface area contributed by atoms with Crippen LogP contribution in [0.3, 0.4) is 0 Å². The van der Waals surface area contributed by atoms with Gasteiger partial charge in [-0.15, -0.1) is 0 Å². The van der Waals surface area contributed by atoms with Crippen molar-refractivity contribution in [3.63, 3.8) is 0 Å². The largest absolute Gasteiger partial charge is 0.374 e.